The monoisotopic (exact) mass is 319 g/mol. The van der Waals surface area contributed by atoms with Gasteiger partial charge in [-0.3, -0.25) is 4.79 Å². The molecule has 0 aromatic heterocycles. The van der Waals surface area contributed by atoms with Gasteiger partial charge in [0.25, 0.3) is 5.91 Å². The Bertz CT molecular complexity index is 535. The number of piperidine rings is 1. The van der Waals surface area contributed by atoms with E-state index < -0.39 is 0 Å². The number of carbonyl (C=O) groups is 2. The van der Waals surface area contributed by atoms with E-state index in [-0.39, 0.29) is 18.0 Å². The predicted molar refractivity (Wildman–Crippen MR) is 89.9 cm³/mol. The molecule has 0 bridgehead atoms. The summed E-state index contributed by atoms with van der Waals surface area (Å²) in [6.45, 7) is 3.41. The van der Waals surface area contributed by atoms with Crippen LogP contribution in [0.5, 0.6) is 0 Å². The highest BCUT2D eigenvalue weighted by molar-refractivity contribution is 5.94. The van der Waals surface area contributed by atoms with E-state index in [9.17, 15) is 9.59 Å². The molecule has 6 heteroatoms. The first-order chi connectivity index (χ1) is 11.0. The molecule has 0 unspecified atom stereocenters. The molecule has 1 N–H and O–H groups in total. The van der Waals surface area contributed by atoms with Gasteiger partial charge in [-0.2, -0.15) is 0 Å². The number of likely N-dealkylation sites (tertiary alicyclic amines) is 1. The third kappa shape index (κ3) is 4.61. The fourth-order valence-corrected chi connectivity index (χ4v) is 2.60. The third-order valence-electron chi connectivity index (χ3n) is 4.00. The Morgan fingerprint density at radius 2 is 1.83 bits per heavy atom. The molecule has 2 rings (SSSR count). The second-order valence-electron chi connectivity index (χ2n) is 5.88. The summed E-state index contributed by atoms with van der Waals surface area (Å²) in [4.78, 5) is 27.6. The van der Waals surface area contributed by atoms with E-state index in [1.807, 2.05) is 43.3 Å². The highest BCUT2D eigenvalue weighted by Gasteiger charge is 2.24. The van der Waals surface area contributed by atoms with Crippen molar-refractivity contribution in [2.24, 2.45) is 0 Å². The molecular weight excluding hydrogens is 294 g/mol. The number of hydrogen-bond acceptors (Lipinski definition) is 4. The van der Waals surface area contributed by atoms with Gasteiger partial charge in [0, 0.05) is 44.5 Å². The number of amides is 2. The maximum atomic E-state index is 12.3. The van der Waals surface area contributed by atoms with Crippen molar-refractivity contribution in [2.75, 3.05) is 38.7 Å². The first-order valence-corrected chi connectivity index (χ1v) is 8.01. The van der Waals surface area contributed by atoms with Gasteiger partial charge < -0.3 is 19.9 Å². The van der Waals surface area contributed by atoms with Crippen LogP contribution >= 0.6 is 0 Å². The average molecular weight is 319 g/mol. The van der Waals surface area contributed by atoms with Crippen molar-refractivity contribution in [2.45, 2.75) is 25.8 Å². The highest BCUT2D eigenvalue weighted by atomic mass is 16.6. The molecule has 1 fully saturated rings. The highest BCUT2D eigenvalue weighted by Crippen LogP contribution is 2.15. The largest absolute Gasteiger partial charge is 0.450 e. The van der Waals surface area contributed by atoms with Crippen LogP contribution in [0.25, 0.3) is 0 Å². The smallest absolute Gasteiger partial charge is 0.409 e. The Kier molecular flexibility index (Phi) is 5.84. The van der Waals surface area contributed by atoms with Gasteiger partial charge in [-0.25, -0.2) is 4.79 Å². The average Bonchev–Trinajstić information content (AvgIpc) is 2.55. The van der Waals surface area contributed by atoms with E-state index >= 15 is 0 Å². The number of nitrogens with zero attached hydrogens (tertiary/aromatic N) is 2. The molecule has 1 saturated heterocycles. The van der Waals surface area contributed by atoms with E-state index in [0.717, 1.165) is 18.5 Å². The second kappa shape index (κ2) is 7.85. The summed E-state index contributed by atoms with van der Waals surface area (Å²) in [5.41, 5.74) is 1.72. The van der Waals surface area contributed by atoms with Crippen LogP contribution in [0.4, 0.5) is 10.5 Å². The number of nitrogens with one attached hydrogen (secondary N) is 1. The lowest BCUT2D eigenvalue weighted by Gasteiger charge is -2.31. The van der Waals surface area contributed by atoms with Crippen molar-refractivity contribution in [1.82, 2.24) is 10.2 Å². The van der Waals surface area contributed by atoms with Crippen LogP contribution in [0.3, 0.4) is 0 Å². The van der Waals surface area contributed by atoms with Crippen LogP contribution in [0.15, 0.2) is 24.3 Å². The Hall–Kier alpha value is -2.24. The molecule has 0 saturated carbocycles. The minimum Gasteiger partial charge on any atom is -0.450 e. The standard InChI is InChI=1S/C17H25N3O3/c1-4-23-17(22)20-11-9-14(10-12-20)18-16(21)13-5-7-15(8-6-13)19(2)3/h5-8,14H,4,9-12H2,1-3H3,(H,18,21). The minimum atomic E-state index is -0.267. The molecule has 1 aromatic carbocycles. The van der Waals surface area contributed by atoms with Gasteiger partial charge >= 0.3 is 6.09 Å². The maximum Gasteiger partial charge on any atom is 0.409 e. The lowest BCUT2D eigenvalue weighted by molar-refractivity contribution is 0.0860. The lowest BCUT2D eigenvalue weighted by atomic mass is 10.0. The molecule has 23 heavy (non-hydrogen) atoms. The number of ether oxygens (including phenoxy) is 1. The lowest BCUT2D eigenvalue weighted by Crippen LogP contribution is -2.46. The van der Waals surface area contributed by atoms with Crippen LogP contribution in [0.2, 0.25) is 0 Å². The Balaban J connectivity index is 1.84. The zero-order chi connectivity index (χ0) is 16.8. The van der Waals surface area contributed by atoms with Crippen molar-refractivity contribution in [3.63, 3.8) is 0 Å². The first-order valence-electron chi connectivity index (χ1n) is 8.01. The fourth-order valence-electron chi connectivity index (χ4n) is 2.60. The van der Waals surface area contributed by atoms with E-state index in [1.54, 1.807) is 11.8 Å². The number of anilines is 1. The Labute approximate surface area is 137 Å². The normalized spacial score (nSPS) is 15.2. The van der Waals surface area contributed by atoms with Crippen LogP contribution in [-0.4, -0.2) is 56.7 Å². The van der Waals surface area contributed by atoms with Gasteiger partial charge in [-0.1, -0.05) is 0 Å². The van der Waals surface area contributed by atoms with Gasteiger partial charge in [0.15, 0.2) is 0 Å². The van der Waals surface area contributed by atoms with Crippen molar-refractivity contribution in [3.8, 4) is 0 Å². The van der Waals surface area contributed by atoms with Crippen LogP contribution in [-0.2, 0) is 4.74 Å². The van der Waals surface area contributed by atoms with Gasteiger partial charge in [0.2, 0.25) is 0 Å². The fraction of sp³-hybridized carbons (Fsp3) is 0.529. The summed E-state index contributed by atoms with van der Waals surface area (Å²) in [5.74, 6) is -0.0649. The zero-order valence-corrected chi connectivity index (χ0v) is 14.0. The molecule has 1 heterocycles. The third-order valence-corrected chi connectivity index (χ3v) is 4.00. The summed E-state index contributed by atoms with van der Waals surface area (Å²) < 4.78 is 4.99. The summed E-state index contributed by atoms with van der Waals surface area (Å²) in [6, 6.07) is 7.62. The first kappa shape index (κ1) is 17.1. The van der Waals surface area contributed by atoms with E-state index in [2.05, 4.69) is 5.32 Å². The number of rotatable bonds is 4. The van der Waals surface area contributed by atoms with Crippen molar-refractivity contribution in [3.05, 3.63) is 29.8 Å². The van der Waals surface area contributed by atoms with E-state index in [4.69, 9.17) is 4.74 Å². The van der Waals surface area contributed by atoms with E-state index in [1.165, 1.54) is 0 Å². The van der Waals surface area contributed by atoms with Gasteiger partial charge in [-0.05, 0) is 44.0 Å². The molecular formula is C17H25N3O3. The molecule has 126 valence electrons. The van der Waals surface area contributed by atoms with Crippen LogP contribution in [0, 0.1) is 0 Å². The van der Waals surface area contributed by atoms with E-state index in [0.29, 0.717) is 25.3 Å². The number of benzene rings is 1. The van der Waals surface area contributed by atoms with Gasteiger partial charge in [0.05, 0.1) is 6.61 Å². The second-order valence-corrected chi connectivity index (χ2v) is 5.88. The van der Waals surface area contributed by atoms with Crippen molar-refractivity contribution in [1.29, 1.82) is 0 Å². The summed E-state index contributed by atoms with van der Waals surface area (Å²) in [6.07, 6.45) is 1.23. The SMILES string of the molecule is CCOC(=O)N1CCC(NC(=O)c2ccc(N(C)C)cc2)CC1. The molecule has 0 aliphatic carbocycles. The number of hydrogen-bond donors (Lipinski definition) is 1. The summed E-state index contributed by atoms with van der Waals surface area (Å²) >= 11 is 0. The maximum absolute atomic E-state index is 12.3. The van der Waals surface area contributed by atoms with Gasteiger partial charge in [0.1, 0.15) is 0 Å². The van der Waals surface area contributed by atoms with Crippen LogP contribution < -0.4 is 10.2 Å². The quantitative estimate of drug-likeness (QED) is 0.923. The Morgan fingerprint density at radius 3 is 2.35 bits per heavy atom. The van der Waals surface area contributed by atoms with Crippen molar-refractivity contribution >= 4 is 17.7 Å². The van der Waals surface area contributed by atoms with Gasteiger partial charge in [-0.15, -0.1) is 0 Å². The molecule has 1 aliphatic heterocycles. The Morgan fingerprint density at radius 1 is 1.22 bits per heavy atom. The van der Waals surface area contributed by atoms with Crippen molar-refractivity contribution < 1.29 is 14.3 Å². The summed E-state index contributed by atoms with van der Waals surface area (Å²) in [7, 11) is 3.93. The molecule has 2 amide bonds. The number of carbonyl (C=O) groups excluding carboxylic acids is 2. The molecule has 6 nitrogen and oxygen atoms in total. The molecule has 0 spiro atoms. The topological polar surface area (TPSA) is 61.9 Å². The minimum absolute atomic E-state index is 0.0649. The van der Waals surface area contributed by atoms with Crippen LogP contribution in [0.1, 0.15) is 30.1 Å². The predicted octanol–water partition coefficient (Wildman–Crippen LogP) is 2.10. The molecule has 1 aromatic rings. The zero-order valence-electron chi connectivity index (χ0n) is 14.0. The molecule has 1 aliphatic rings. The molecule has 0 radical (unpaired) electrons. The molecule has 0 atom stereocenters. The summed E-state index contributed by atoms with van der Waals surface area (Å²) in [5, 5.41) is 3.04.